The maximum absolute atomic E-state index is 13.2. The fraction of sp³-hybridized carbons (Fsp3) is 0.533. The molecule has 1 amide bonds. The van der Waals surface area contributed by atoms with Gasteiger partial charge in [0.05, 0.1) is 17.1 Å². The van der Waals surface area contributed by atoms with E-state index in [1.165, 1.54) is 12.1 Å². The molecule has 216 valence electrons. The number of carboxylic acids is 1. The molecule has 2 unspecified atom stereocenters. The SMILES string of the molecule is CO[C@@]12CC[C@@H](N[C@@H](C)C(=O)N[C@@H](Cc3ccc(O)cc3)C(=O)O)[C@@H]3Oc4c(O)ccc(c4C31C)CC2N(C)C. The lowest BCUT2D eigenvalue weighted by molar-refractivity contribution is -0.172. The van der Waals surface area contributed by atoms with Crippen molar-refractivity contribution in [3.8, 4) is 17.2 Å². The maximum Gasteiger partial charge on any atom is 0.326 e. The number of benzene rings is 2. The minimum Gasteiger partial charge on any atom is -0.508 e. The Morgan fingerprint density at radius 3 is 2.50 bits per heavy atom. The van der Waals surface area contributed by atoms with Gasteiger partial charge in [-0.2, -0.15) is 0 Å². The van der Waals surface area contributed by atoms with Crippen LogP contribution in [0.3, 0.4) is 0 Å². The van der Waals surface area contributed by atoms with E-state index in [4.69, 9.17) is 9.47 Å². The van der Waals surface area contributed by atoms with Gasteiger partial charge in [0.25, 0.3) is 0 Å². The minimum absolute atomic E-state index is 0.0782. The quantitative estimate of drug-likeness (QED) is 0.315. The average Bonchev–Trinajstić information content (AvgIpc) is 3.25. The van der Waals surface area contributed by atoms with E-state index in [0.717, 1.165) is 17.5 Å². The molecule has 2 aliphatic carbocycles. The van der Waals surface area contributed by atoms with E-state index in [-0.39, 0.29) is 30.0 Å². The van der Waals surface area contributed by atoms with E-state index in [1.54, 1.807) is 32.2 Å². The molecule has 1 aliphatic heterocycles. The minimum atomic E-state index is -1.14. The van der Waals surface area contributed by atoms with E-state index < -0.39 is 41.1 Å². The van der Waals surface area contributed by atoms with Crippen LogP contribution in [-0.2, 0) is 32.6 Å². The van der Waals surface area contributed by atoms with Crippen molar-refractivity contribution >= 4 is 11.9 Å². The zero-order valence-corrected chi connectivity index (χ0v) is 23.6. The van der Waals surface area contributed by atoms with Crippen LogP contribution in [0.4, 0.5) is 0 Å². The summed E-state index contributed by atoms with van der Waals surface area (Å²) in [5, 5.41) is 36.1. The number of carboxylic acid groups (broad SMARTS) is 1. The highest BCUT2D eigenvalue weighted by atomic mass is 16.5. The highest BCUT2D eigenvalue weighted by molar-refractivity contribution is 5.86. The van der Waals surface area contributed by atoms with Gasteiger partial charge in [0.1, 0.15) is 17.9 Å². The summed E-state index contributed by atoms with van der Waals surface area (Å²) in [6, 6.07) is 7.87. The van der Waals surface area contributed by atoms with Crippen molar-refractivity contribution < 1.29 is 34.4 Å². The number of phenols is 2. The molecule has 0 spiro atoms. The highest BCUT2D eigenvalue weighted by Gasteiger charge is 2.70. The third-order valence-corrected chi connectivity index (χ3v) is 9.41. The molecule has 2 aromatic rings. The first-order chi connectivity index (χ1) is 18.9. The molecule has 0 radical (unpaired) electrons. The predicted octanol–water partition coefficient (Wildman–Crippen LogP) is 1.94. The van der Waals surface area contributed by atoms with Crippen LogP contribution in [0.25, 0.3) is 0 Å². The molecule has 1 fully saturated rings. The first kappa shape index (κ1) is 28.2. The topological polar surface area (TPSA) is 141 Å². The van der Waals surface area contributed by atoms with Crippen molar-refractivity contribution in [3.05, 3.63) is 53.1 Å². The highest BCUT2D eigenvalue weighted by Crippen LogP contribution is 2.63. The summed E-state index contributed by atoms with van der Waals surface area (Å²) in [5.41, 5.74) is 1.60. The Kier molecular flexibility index (Phi) is 7.22. The first-order valence-electron chi connectivity index (χ1n) is 13.7. The number of carbonyl (C=O) groups is 2. The van der Waals surface area contributed by atoms with Crippen molar-refractivity contribution in [2.45, 2.75) is 80.8 Å². The van der Waals surface area contributed by atoms with Crippen molar-refractivity contribution in [2.75, 3.05) is 21.2 Å². The van der Waals surface area contributed by atoms with Crippen LogP contribution >= 0.6 is 0 Å². The molecule has 0 aromatic heterocycles. The summed E-state index contributed by atoms with van der Waals surface area (Å²) in [5.74, 6) is -0.922. The van der Waals surface area contributed by atoms with Crippen LogP contribution in [-0.4, -0.2) is 89.2 Å². The number of amides is 1. The number of aromatic hydroxyl groups is 2. The first-order valence-corrected chi connectivity index (χ1v) is 13.7. The molecular formula is C30H39N3O7. The maximum atomic E-state index is 13.2. The lowest BCUT2D eigenvalue weighted by Gasteiger charge is -2.60. The molecule has 7 atom stereocenters. The number of likely N-dealkylation sites (N-methyl/N-ethyl adjacent to an activating group) is 1. The summed E-state index contributed by atoms with van der Waals surface area (Å²) in [6.07, 6.45) is 1.80. The number of nitrogens with one attached hydrogen (secondary N) is 2. The van der Waals surface area contributed by atoms with Gasteiger partial charge in [0, 0.05) is 31.2 Å². The Morgan fingerprint density at radius 2 is 1.88 bits per heavy atom. The molecule has 3 aliphatic rings. The van der Waals surface area contributed by atoms with Gasteiger partial charge >= 0.3 is 5.97 Å². The third kappa shape index (κ3) is 4.29. The van der Waals surface area contributed by atoms with Crippen molar-refractivity contribution in [3.63, 3.8) is 0 Å². The Hall–Kier alpha value is -3.34. The van der Waals surface area contributed by atoms with Crippen molar-refractivity contribution in [1.29, 1.82) is 0 Å². The standard InChI is InChI=1S/C30H39N3O7/c1-16(27(36)32-21(28(37)38)14-17-6-9-19(34)10-7-17)31-20-12-13-30(39-5)23(33(3)4)15-18-8-11-22(35)25-24(18)29(30,2)26(20)40-25/h6-11,16,20-21,23,26,31,34-35H,12-15H2,1-5H3,(H,32,36)(H,37,38)/t16-,20+,21-,23?,26-,29?,30+/m0/s1. The van der Waals surface area contributed by atoms with Crippen LogP contribution < -0.4 is 15.4 Å². The van der Waals surface area contributed by atoms with Gasteiger partial charge in [-0.1, -0.05) is 18.2 Å². The lowest BCUT2D eigenvalue weighted by atomic mass is 9.52. The van der Waals surface area contributed by atoms with Gasteiger partial charge < -0.3 is 35.0 Å². The largest absolute Gasteiger partial charge is 0.508 e. The van der Waals surface area contributed by atoms with Gasteiger partial charge in [-0.15, -0.1) is 0 Å². The van der Waals surface area contributed by atoms with Crippen LogP contribution in [0.2, 0.25) is 0 Å². The Labute approximate surface area is 234 Å². The van der Waals surface area contributed by atoms with Crippen LogP contribution in [0.15, 0.2) is 36.4 Å². The lowest BCUT2D eigenvalue weighted by Crippen LogP contribution is -2.74. The number of carbonyl (C=O) groups excluding carboxylic acids is 1. The summed E-state index contributed by atoms with van der Waals surface area (Å²) in [7, 11) is 5.86. The van der Waals surface area contributed by atoms with Gasteiger partial charge in [0.15, 0.2) is 11.5 Å². The van der Waals surface area contributed by atoms with Crippen LogP contribution in [0.1, 0.15) is 43.4 Å². The Bertz CT molecular complexity index is 1300. The number of nitrogens with zero attached hydrogens (tertiary/aromatic N) is 1. The second-order valence-electron chi connectivity index (χ2n) is 11.8. The fourth-order valence-corrected chi connectivity index (χ4v) is 7.44. The second kappa shape index (κ2) is 10.2. The number of aliphatic carboxylic acids is 1. The Morgan fingerprint density at radius 1 is 1.18 bits per heavy atom. The molecule has 0 saturated heterocycles. The zero-order chi connectivity index (χ0) is 29.0. The molecule has 2 aromatic carbocycles. The zero-order valence-electron chi connectivity index (χ0n) is 23.6. The molecule has 5 N–H and O–H groups in total. The number of phenolic OH excluding ortho intramolecular Hbond substituents is 2. The molecule has 10 nitrogen and oxygen atoms in total. The fourth-order valence-electron chi connectivity index (χ4n) is 7.44. The number of ether oxygens (including phenoxy) is 2. The molecule has 1 saturated carbocycles. The molecule has 40 heavy (non-hydrogen) atoms. The van der Waals surface area contributed by atoms with E-state index in [0.29, 0.717) is 24.2 Å². The molecule has 5 rings (SSSR count). The molecule has 1 heterocycles. The predicted molar refractivity (Wildman–Crippen MR) is 148 cm³/mol. The molecule has 10 heteroatoms. The van der Waals surface area contributed by atoms with Crippen LogP contribution in [0.5, 0.6) is 17.2 Å². The monoisotopic (exact) mass is 553 g/mol. The summed E-state index contributed by atoms with van der Waals surface area (Å²) < 4.78 is 12.9. The summed E-state index contributed by atoms with van der Waals surface area (Å²) >= 11 is 0. The normalized spacial score (nSPS) is 29.8. The second-order valence-corrected chi connectivity index (χ2v) is 11.8. The Balaban J connectivity index is 1.38. The van der Waals surface area contributed by atoms with E-state index >= 15 is 0 Å². The van der Waals surface area contributed by atoms with Crippen molar-refractivity contribution in [1.82, 2.24) is 15.5 Å². The number of rotatable bonds is 9. The smallest absolute Gasteiger partial charge is 0.326 e. The molecule has 0 bridgehead atoms. The summed E-state index contributed by atoms with van der Waals surface area (Å²) in [4.78, 5) is 27.4. The van der Waals surface area contributed by atoms with Gasteiger partial charge in [-0.05, 0) is 76.5 Å². The number of methoxy groups -OCH3 is 1. The number of hydrogen-bond acceptors (Lipinski definition) is 8. The van der Waals surface area contributed by atoms with Gasteiger partial charge in [-0.25, -0.2) is 4.79 Å². The molecular weight excluding hydrogens is 514 g/mol. The van der Waals surface area contributed by atoms with E-state index in [9.17, 15) is 24.9 Å². The van der Waals surface area contributed by atoms with E-state index in [1.807, 2.05) is 6.07 Å². The van der Waals surface area contributed by atoms with Crippen molar-refractivity contribution in [2.24, 2.45) is 0 Å². The van der Waals surface area contributed by atoms with Crippen LogP contribution in [0, 0.1) is 0 Å². The van der Waals surface area contributed by atoms with Gasteiger partial charge in [-0.3, -0.25) is 10.1 Å². The van der Waals surface area contributed by atoms with Gasteiger partial charge in [0.2, 0.25) is 5.91 Å². The van der Waals surface area contributed by atoms with E-state index in [2.05, 4.69) is 36.6 Å². The third-order valence-electron chi connectivity index (χ3n) is 9.41. The average molecular weight is 554 g/mol. The number of hydrogen-bond donors (Lipinski definition) is 5. The summed E-state index contributed by atoms with van der Waals surface area (Å²) in [6.45, 7) is 3.85.